The number of thiophene rings is 1. The molecule has 7 nitrogen and oxygen atoms in total. The van der Waals surface area contributed by atoms with Crippen LogP contribution in [0.15, 0.2) is 45.7 Å². The van der Waals surface area contributed by atoms with E-state index in [1.807, 2.05) is 11.4 Å². The molecule has 0 radical (unpaired) electrons. The van der Waals surface area contributed by atoms with E-state index in [1.165, 1.54) is 23.1 Å². The Morgan fingerprint density at radius 1 is 1.22 bits per heavy atom. The lowest BCUT2D eigenvalue weighted by atomic mass is 10.1. The van der Waals surface area contributed by atoms with Crippen molar-refractivity contribution >= 4 is 56.8 Å². The van der Waals surface area contributed by atoms with Crippen molar-refractivity contribution in [3.05, 3.63) is 56.7 Å². The van der Waals surface area contributed by atoms with Gasteiger partial charge in [-0.25, -0.2) is 9.78 Å². The summed E-state index contributed by atoms with van der Waals surface area (Å²) in [6.45, 7) is 3.12. The van der Waals surface area contributed by atoms with Crippen LogP contribution >= 0.6 is 34.7 Å². The number of hydrogen-bond acceptors (Lipinski definition) is 7. The number of amides is 1. The molecule has 1 aliphatic rings. The first-order valence-corrected chi connectivity index (χ1v) is 12.5. The zero-order chi connectivity index (χ0) is 22.7. The molecule has 10 heteroatoms. The number of ether oxygens (including phenoxy) is 1. The summed E-state index contributed by atoms with van der Waals surface area (Å²) in [6.07, 6.45) is 0.916. The third-order valence-corrected chi connectivity index (χ3v) is 7.43. The predicted molar refractivity (Wildman–Crippen MR) is 127 cm³/mol. The minimum atomic E-state index is -0.326. The second-order valence-electron chi connectivity index (χ2n) is 7.34. The first kappa shape index (κ1) is 22.8. The lowest BCUT2D eigenvalue weighted by molar-refractivity contribution is 0.0914. The van der Waals surface area contributed by atoms with E-state index < -0.39 is 0 Å². The number of likely N-dealkylation sites (tertiary alicyclic amines) is 1. The van der Waals surface area contributed by atoms with E-state index in [9.17, 15) is 14.4 Å². The minimum absolute atomic E-state index is 0.0602. The van der Waals surface area contributed by atoms with Crippen LogP contribution in [0.25, 0.3) is 10.2 Å². The van der Waals surface area contributed by atoms with Gasteiger partial charge in [-0.05, 0) is 55.5 Å². The number of benzene rings is 1. The number of Topliss-reactive ketones (excluding diaryl/α,β-unsaturated/α-hetero) is 1. The highest BCUT2D eigenvalue weighted by molar-refractivity contribution is 7.99. The van der Waals surface area contributed by atoms with Crippen LogP contribution < -0.4 is 5.56 Å². The molecular formula is C22H22ClN3O4S2. The van der Waals surface area contributed by atoms with E-state index >= 15 is 0 Å². The van der Waals surface area contributed by atoms with Gasteiger partial charge in [-0.15, -0.1) is 11.3 Å². The van der Waals surface area contributed by atoms with E-state index in [0.717, 1.165) is 0 Å². The number of aromatic nitrogens is 2. The van der Waals surface area contributed by atoms with Crippen molar-refractivity contribution in [2.24, 2.45) is 0 Å². The molecule has 1 fully saturated rings. The summed E-state index contributed by atoms with van der Waals surface area (Å²) in [4.78, 5) is 44.3. The molecule has 0 aliphatic carbocycles. The third-order valence-electron chi connectivity index (χ3n) is 5.33. The summed E-state index contributed by atoms with van der Waals surface area (Å²) < 4.78 is 7.40. The van der Waals surface area contributed by atoms with E-state index in [2.05, 4.69) is 0 Å². The number of carbonyl (C=O) groups excluding carboxylic acids is 2. The van der Waals surface area contributed by atoms with Crippen molar-refractivity contribution < 1.29 is 14.3 Å². The molecule has 0 N–H and O–H groups in total. The van der Waals surface area contributed by atoms with Crippen LogP contribution in [0, 0.1) is 0 Å². The molecule has 1 amide bonds. The van der Waals surface area contributed by atoms with Crippen molar-refractivity contribution in [2.75, 3.05) is 25.4 Å². The zero-order valence-corrected chi connectivity index (χ0v) is 19.8. The molecule has 3 heterocycles. The molecule has 0 saturated carbocycles. The fraction of sp³-hybridized carbons (Fsp3) is 0.364. The fourth-order valence-electron chi connectivity index (χ4n) is 3.70. The highest BCUT2D eigenvalue weighted by atomic mass is 35.5. The Balaban J connectivity index is 1.56. The molecule has 3 aromatic rings. The molecule has 0 unspecified atom stereocenters. The summed E-state index contributed by atoms with van der Waals surface area (Å²) in [6, 6.07) is 8.48. The van der Waals surface area contributed by atoms with Crippen LogP contribution in [0.2, 0.25) is 5.02 Å². The van der Waals surface area contributed by atoms with Crippen molar-refractivity contribution in [1.82, 2.24) is 14.5 Å². The van der Waals surface area contributed by atoms with Gasteiger partial charge < -0.3 is 9.64 Å². The number of piperidine rings is 1. The van der Waals surface area contributed by atoms with Crippen LogP contribution in [-0.4, -0.2) is 51.8 Å². The average molecular weight is 492 g/mol. The molecule has 4 rings (SSSR count). The lowest BCUT2D eigenvalue weighted by Crippen LogP contribution is -2.41. The maximum absolute atomic E-state index is 13.3. The second kappa shape index (κ2) is 10.1. The first-order chi connectivity index (χ1) is 15.5. The Kier molecular flexibility index (Phi) is 7.17. The monoisotopic (exact) mass is 491 g/mol. The van der Waals surface area contributed by atoms with Crippen molar-refractivity contribution in [3.63, 3.8) is 0 Å². The number of nitrogens with zero attached hydrogens (tertiary/aromatic N) is 3. The Morgan fingerprint density at radius 2 is 1.94 bits per heavy atom. The Hall–Kier alpha value is -2.36. The SMILES string of the molecule is CCOC(=O)N1CCC(n2c(SCC(=O)c3ccc(Cl)cc3)nc3ccsc3c2=O)CC1. The number of hydrogen-bond donors (Lipinski definition) is 0. The van der Waals surface area contributed by atoms with Gasteiger partial charge in [-0.3, -0.25) is 14.2 Å². The smallest absolute Gasteiger partial charge is 0.409 e. The van der Waals surface area contributed by atoms with E-state index in [0.29, 0.717) is 58.5 Å². The maximum Gasteiger partial charge on any atom is 0.409 e. The van der Waals surface area contributed by atoms with Gasteiger partial charge in [0.1, 0.15) is 4.70 Å². The zero-order valence-electron chi connectivity index (χ0n) is 17.5. The van der Waals surface area contributed by atoms with Crippen LogP contribution in [0.3, 0.4) is 0 Å². The number of carbonyl (C=O) groups is 2. The van der Waals surface area contributed by atoms with Gasteiger partial charge in [0.15, 0.2) is 10.9 Å². The summed E-state index contributed by atoms with van der Waals surface area (Å²) in [7, 11) is 0. The Labute approximate surface area is 198 Å². The number of rotatable bonds is 6. The molecule has 32 heavy (non-hydrogen) atoms. The lowest BCUT2D eigenvalue weighted by Gasteiger charge is -2.32. The Bertz CT molecular complexity index is 1180. The van der Waals surface area contributed by atoms with E-state index in [4.69, 9.17) is 21.3 Å². The molecule has 0 spiro atoms. The van der Waals surface area contributed by atoms with Crippen LogP contribution in [-0.2, 0) is 4.74 Å². The van der Waals surface area contributed by atoms with Crippen LogP contribution in [0.4, 0.5) is 4.79 Å². The summed E-state index contributed by atoms with van der Waals surface area (Å²) >= 11 is 8.54. The Morgan fingerprint density at radius 3 is 2.62 bits per heavy atom. The number of ketones is 1. The molecule has 1 aliphatic heterocycles. The molecule has 1 aromatic carbocycles. The van der Waals surface area contributed by atoms with E-state index in [-0.39, 0.29) is 29.2 Å². The van der Waals surface area contributed by atoms with Gasteiger partial charge in [0.2, 0.25) is 0 Å². The quantitative estimate of drug-likeness (QED) is 0.278. The van der Waals surface area contributed by atoms with Crippen molar-refractivity contribution in [2.45, 2.75) is 31.0 Å². The van der Waals surface area contributed by atoms with Gasteiger partial charge in [0, 0.05) is 29.7 Å². The average Bonchev–Trinajstić information content (AvgIpc) is 3.27. The molecule has 168 valence electrons. The van der Waals surface area contributed by atoms with Crippen LogP contribution in [0.1, 0.15) is 36.2 Å². The molecule has 0 bridgehead atoms. The van der Waals surface area contributed by atoms with Gasteiger partial charge in [-0.2, -0.15) is 0 Å². The highest BCUT2D eigenvalue weighted by Crippen LogP contribution is 2.29. The van der Waals surface area contributed by atoms with Crippen molar-refractivity contribution in [3.8, 4) is 0 Å². The molecule has 0 atom stereocenters. The summed E-state index contributed by atoms with van der Waals surface area (Å²) in [5.74, 6) is 0.0979. The first-order valence-electron chi connectivity index (χ1n) is 10.3. The second-order valence-corrected chi connectivity index (χ2v) is 9.64. The van der Waals surface area contributed by atoms with Gasteiger partial charge in [-0.1, -0.05) is 23.4 Å². The minimum Gasteiger partial charge on any atom is -0.450 e. The third kappa shape index (κ3) is 4.84. The van der Waals surface area contributed by atoms with Crippen LogP contribution in [0.5, 0.6) is 0 Å². The number of fused-ring (bicyclic) bond motifs is 1. The van der Waals surface area contributed by atoms with E-state index in [1.54, 1.807) is 40.7 Å². The maximum atomic E-state index is 13.3. The van der Waals surface area contributed by atoms with Crippen molar-refractivity contribution in [1.29, 1.82) is 0 Å². The standard InChI is InChI=1S/C22H22ClN3O4S2/c1-2-30-22(29)25-10-7-16(8-11-25)26-20(28)19-17(9-12-31-19)24-21(26)32-13-18(27)14-3-5-15(23)6-4-14/h3-6,9,12,16H,2,7-8,10-11,13H2,1H3. The highest BCUT2D eigenvalue weighted by Gasteiger charge is 2.28. The summed E-state index contributed by atoms with van der Waals surface area (Å²) in [5.41, 5.74) is 1.11. The molecule has 1 saturated heterocycles. The number of thioether (sulfide) groups is 1. The van der Waals surface area contributed by atoms with Gasteiger partial charge in [0.05, 0.1) is 17.9 Å². The van der Waals surface area contributed by atoms with Gasteiger partial charge >= 0.3 is 6.09 Å². The summed E-state index contributed by atoms with van der Waals surface area (Å²) in [5, 5.41) is 2.94. The predicted octanol–water partition coefficient (Wildman–Crippen LogP) is 4.88. The fourth-order valence-corrected chi connectivity index (χ4v) is 5.55. The molecule has 2 aromatic heterocycles. The normalized spacial score (nSPS) is 14.6. The largest absolute Gasteiger partial charge is 0.450 e. The number of halogens is 1. The topological polar surface area (TPSA) is 81.5 Å². The molecular weight excluding hydrogens is 470 g/mol. The van der Waals surface area contributed by atoms with Gasteiger partial charge in [0.25, 0.3) is 5.56 Å².